The third kappa shape index (κ3) is 4.14. The average molecular weight is 329 g/mol. The molecule has 2 saturated heterocycles. The van der Waals surface area contributed by atoms with E-state index in [1.165, 1.54) is 12.3 Å². The number of aliphatic hydroxyl groups is 1. The maximum absolute atomic E-state index is 12.8. The van der Waals surface area contributed by atoms with Crippen molar-refractivity contribution in [2.75, 3.05) is 37.6 Å². The summed E-state index contributed by atoms with van der Waals surface area (Å²) in [5, 5.41) is 9.54. The largest absolute Gasteiger partial charge is 0.417 e. The molecular formula is C16H22F3N3O. The van der Waals surface area contributed by atoms with Crippen molar-refractivity contribution in [2.45, 2.75) is 31.5 Å². The second kappa shape index (κ2) is 6.65. The van der Waals surface area contributed by atoms with Crippen LogP contribution in [0.15, 0.2) is 18.5 Å². The highest BCUT2D eigenvalue weighted by Crippen LogP contribution is 2.32. The average Bonchev–Trinajstić information content (AvgIpc) is 2.97. The summed E-state index contributed by atoms with van der Waals surface area (Å²) in [5.74, 6) is 0.458. The zero-order chi connectivity index (χ0) is 16.4. The molecule has 3 heterocycles. The van der Waals surface area contributed by atoms with Gasteiger partial charge in [-0.3, -0.25) is 4.98 Å². The van der Waals surface area contributed by atoms with Crippen molar-refractivity contribution in [3.05, 3.63) is 24.0 Å². The SMILES string of the molecule is OC1CCN(CC2CCN(c3cncc(C(F)(F)F)c3)C2)CC1. The maximum atomic E-state index is 12.8. The molecule has 7 heteroatoms. The van der Waals surface area contributed by atoms with E-state index in [1.54, 1.807) is 0 Å². The van der Waals surface area contributed by atoms with E-state index in [0.717, 1.165) is 58.2 Å². The molecule has 0 saturated carbocycles. The molecule has 1 atom stereocenters. The Kier molecular flexibility index (Phi) is 4.77. The first kappa shape index (κ1) is 16.5. The van der Waals surface area contributed by atoms with Crippen LogP contribution in [0.1, 0.15) is 24.8 Å². The smallest absolute Gasteiger partial charge is 0.393 e. The molecule has 2 aliphatic heterocycles. The van der Waals surface area contributed by atoms with E-state index in [1.807, 2.05) is 4.90 Å². The number of alkyl halides is 3. The van der Waals surface area contributed by atoms with Gasteiger partial charge in [0.15, 0.2) is 0 Å². The van der Waals surface area contributed by atoms with Crippen molar-refractivity contribution in [2.24, 2.45) is 5.92 Å². The predicted octanol–water partition coefficient (Wildman–Crippen LogP) is 2.38. The van der Waals surface area contributed by atoms with Crippen LogP contribution in [0.4, 0.5) is 18.9 Å². The van der Waals surface area contributed by atoms with E-state index in [-0.39, 0.29) is 6.10 Å². The topological polar surface area (TPSA) is 39.6 Å². The zero-order valence-corrected chi connectivity index (χ0v) is 13.0. The molecule has 0 spiro atoms. The molecule has 128 valence electrons. The summed E-state index contributed by atoms with van der Waals surface area (Å²) in [7, 11) is 0. The second-order valence-electron chi connectivity index (χ2n) is 6.56. The zero-order valence-electron chi connectivity index (χ0n) is 13.0. The van der Waals surface area contributed by atoms with Gasteiger partial charge < -0.3 is 14.9 Å². The van der Waals surface area contributed by atoms with Gasteiger partial charge in [0, 0.05) is 38.9 Å². The Balaban J connectivity index is 1.57. The molecule has 4 nitrogen and oxygen atoms in total. The normalized spacial score (nSPS) is 24.3. The number of piperidine rings is 1. The van der Waals surface area contributed by atoms with Crippen LogP contribution in [0.25, 0.3) is 0 Å². The number of hydrogen-bond acceptors (Lipinski definition) is 4. The number of nitrogens with zero attached hydrogens (tertiary/aromatic N) is 3. The first-order valence-corrected chi connectivity index (χ1v) is 8.09. The lowest BCUT2D eigenvalue weighted by Gasteiger charge is -2.31. The lowest BCUT2D eigenvalue weighted by Crippen LogP contribution is -2.39. The van der Waals surface area contributed by atoms with Gasteiger partial charge in [0.05, 0.1) is 23.6 Å². The van der Waals surface area contributed by atoms with E-state index in [0.29, 0.717) is 11.6 Å². The second-order valence-corrected chi connectivity index (χ2v) is 6.56. The summed E-state index contributed by atoms with van der Waals surface area (Å²) in [6, 6.07) is 1.19. The van der Waals surface area contributed by atoms with Gasteiger partial charge in [0.1, 0.15) is 0 Å². The standard InChI is InChI=1S/C16H22F3N3O/c17-16(18,19)13-7-14(9-20-8-13)22-6-1-12(11-22)10-21-4-2-15(23)3-5-21/h7-9,12,15,23H,1-6,10-11H2. The summed E-state index contributed by atoms with van der Waals surface area (Å²) < 4.78 is 38.4. The summed E-state index contributed by atoms with van der Waals surface area (Å²) in [6.45, 7) is 4.30. The van der Waals surface area contributed by atoms with Crippen LogP contribution >= 0.6 is 0 Å². The third-order valence-electron chi connectivity index (χ3n) is 4.78. The van der Waals surface area contributed by atoms with Crippen LogP contribution in [0.5, 0.6) is 0 Å². The molecule has 1 N–H and O–H groups in total. The first-order valence-electron chi connectivity index (χ1n) is 8.09. The summed E-state index contributed by atoms with van der Waals surface area (Å²) in [4.78, 5) is 8.09. The number of hydrogen-bond donors (Lipinski definition) is 1. The van der Waals surface area contributed by atoms with Crippen LogP contribution in [0, 0.1) is 5.92 Å². The number of aliphatic hydroxyl groups excluding tert-OH is 1. The lowest BCUT2D eigenvalue weighted by molar-refractivity contribution is -0.137. The number of halogens is 3. The highest BCUT2D eigenvalue weighted by Gasteiger charge is 2.32. The predicted molar refractivity (Wildman–Crippen MR) is 81.2 cm³/mol. The van der Waals surface area contributed by atoms with Gasteiger partial charge in [-0.2, -0.15) is 13.2 Å². The van der Waals surface area contributed by atoms with Crippen LogP contribution in [0.2, 0.25) is 0 Å². The number of pyridine rings is 1. The maximum Gasteiger partial charge on any atom is 0.417 e. The summed E-state index contributed by atoms with van der Waals surface area (Å²) >= 11 is 0. The molecule has 0 radical (unpaired) electrons. The van der Waals surface area contributed by atoms with Crippen molar-refractivity contribution in [3.63, 3.8) is 0 Å². The molecule has 1 aromatic heterocycles. The Hall–Kier alpha value is -1.34. The Morgan fingerprint density at radius 1 is 1.13 bits per heavy atom. The minimum atomic E-state index is -4.35. The highest BCUT2D eigenvalue weighted by molar-refractivity contribution is 5.47. The van der Waals surface area contributed by atoms with Gasteiger partial charge in [-0.1, -0.05) is 0 Å². The van der Waals surface area contributed by atoms with Gasteiger partial charge in [-0.05, 0) is 31.2 Å². The Morgan fingerprint density at radius 2 is 1.87 bits per heavy atom. The Labute approximate surface area is 133 Å². The lowest BCUT2D eigenvalue weighted by atomic mass is 10.0. The van der Waals surface area contributed by atoms with E-state index in [9.17, 15) is 18.3 Å². The summed E-state index contributed by atoms with van der Waals surface area (Å²) in [6.07, 6.45) is 0.460. The molecule has 1 unspecified atom stereocenters. The fourth-order valence-electron chi connectivity index (χ4n) is 3.44. The van der Waals surface area contributed by atoms with Gasteiger partial charge >= 0.3 is 6.18 Å². The fraction of sp³-hybridized carbons (Fsp3) is 0.688. The molecule has 3 rings (SSSR count). The van der Waals surface area contributed by atoms with E-state index < -0.39 is 11.7 Å². The van der Waals surface area contributed by atoms with Gasteiger partial charge in [-0.15, -0.1) is 0 Å². The molecule has 0 aromatic carbocycles. The van der Waals surface area contributed by atoms with E-state index in [2.05, 4.69) is 9.88 Å². The van der Waals surface area contributed by atoms with Gasteiger partial charge in [0.2, 0.25) is 0 Å². The van der Waals surface area contributed by atoms with Crippen molar-refractivity contribution < 1.29 is 18.3 Å². The van der Waals surface area contributed by atoms with Crippen LogP contribution in [-0.2, 0) is 6.18 Å². The molecule has 1 aromatic rings. The van der Waals surface area contributed by atoms with Crippen molar-refractivity contribution in [1.82, 2.24) is 9.88 Å². The third-order valence-corrected chi connectivity index (χ3v) is 4.78. The molecule has 0 amide bonds. The molecule has 23 heavy (non-hydrogen) atoms. The highest BCUT2D eigenvalue weighted by atomic mass is 19.4. The van der Waals surface area contributed by atoms with Crippen molar-refractivity contribution in [3.8, 4) is 0 Å². The number of likely N-dealkylation sites (tertiary alicyclic amines) is 1. The van der Waals surface area contributed by atoms with Crippen molar-refractivity contribution >= 4 is 5.69 Å². The molecule has 0 bridgehead atoms. The minimum absolute atomic E-state index is 0.178. The summed E-state index contributed by atoms with van der Waals surface area (Å²) in [5.41, 5.74) is -0.139. The molecule has 2 fully saturated rings. The monoisotopic (exact) mass is 329 g/mol. The van der Waals surface area contributed by atoms with E-state index >= 15 is 0 Å². The van der Waals surface area contributed by atoms with Gasteiger partial charge in [-0.25, -0.2) is 0 Å². The first-order chi connectivity index (χ1) is 10.9. The fourth-order valence-corrected chi connectivity index (χ4v) is 3.44. The van der Waals surface area contributed by atoms with Gasteiger partial charge in [0.25, 0.3) is 0 Å². The number of aromatic nitrogens is 1. The van der Waals surface area contributed by atoms with Crippen molar-refractivity contribution in [1.29, 1.82) is 0 Å². The number of anilines is 1. The molecule has 2 aliphatic rings. The quantitative estimate of drug-likeness (QED) is 0.924. The number of rotatable bonds is 3. The molecule has 0 aliphatic carbocycles. The Bertz CT molecular complexity index is 530. The molecular weight excluding hydrogens is 307 g/mol. The minimum Gasteiger partial charge on any atom is -0.393 e. The van der Waals surface area contributed by atoms with Crippen LogP contribution < -0.4 is 4.90 Å². The van der Waals surface area contributed by atoms with Crippen LogP contribution in [0.3, 0.4) is 0 Å². The van der Waals surface area contributed by atoms with Crippen LogP contribution in [-0.4, -0.2) is 53.8 Å². The Morgan fingerprint density at radius 3 is 2.57 bits per heavy atom. The van der Waals surface area contributed by atoms with E-state index in [4.69, 9.17) is 0 Å².